The normalized spacial score (nSPS) is 16.6. The highest BCUT2D eigenvalue weighted by Crippen LogP contribution is 2.22. The van der Waals surface area contributed by atoms with Crippen LogP contribution in [0.5, 0.6) is 0 Å². The summed E-state index contributed by atoms with van der Waals surface area (Å²) in [6, 6.07) is 5.89. The van der Waals surface area contributed by atoms with E-state index < -0.39 is 24.1 Å². The molecule has 0 aromatic heterocycles. The highest BCUT2D eigenvalue weighted by molar-refractivity contribution is 5.83. The molecule has 0 saturated heterocycles. The van der Waals surface area contributed by atoms with E-state index in [1.165, 1.54) is 11.8 Å². The number of urea groups is 1. The number of nitrogens with one attached hydrogen (secondary N) is 1. The van der Waals surface area contributed by atoms with Gasteiger partial charge in [-0.15, -0.1) is 0 Å². The van der Waals surface area contributed by atoms with Crippen LogP contribution >= 0.6 is 0 Å². The molecule has 1 aromatic rings. The third-order valence-corrected chi connectivity index (χ3v) is 3.16. The highest BCUT2D eigenvalue weighted by atomic mass is 16.4. The van der Waals surface area contributed by atoms with Crippen LogP contribution in [0.2, 0.25) is 0 Å². The molecular weight excluding hydrogens is 248 g/mol. The zero-order valence-corrected chi connectivity index (χ0v) is 10.5. The van der Waals surface area contributed by atoms with Gasteiger partial charge in [0.05, 0.1) is 6.10 Å². The van der Waals surface area contributed by atoms with Gasteiger partial charge in [0.15, 0.2) is 6.04 Å². The molecule has 1 heterocycles. The SMILES string of the molecule is C[C@@H](O)[C@H](NC(=O)N1Cc2ccccc2C1)C(=O)O. The standard InChI is InChI=1S/C13H16N2O4/c1-8(16)11(12(17)18)14-13(19)15-6-9-4-2-3-5-10(9)7-15/h2-5,8,11,16H,6-7H2,1H3,(H,14,19)(H,17,18)/t8-,11+/m1/s1. The average molecular weight is 264 g/mol. The van der Waals surface area contributed by atoms with Crippen molar-refractivity contribution in [1.29, 1.82) is 0 Å². The topological polar surface area (TPSA) is 89.9 Å². The van der Waals surface area contributed by atoms with Crippen LogP contribution in [-0.4, -0.2) is 39.3 Å². The van der Waals surface area contributed by atoms with E-state index in [9.17, 15) is 14.7 Å². The fraction of sp³-hybridized carbons (Fsp3) is 0.385. The molecule has 2 amide bonds. The second-order valence-corrected chi connectivity index (χ2v) is 4.63. The molecule has 0 unspecified atom stereocenters. The van der Waals surface area contributed by atoms with Crippen molar-refractivity contribution in [3.63, 3.8) is 0 Å². The lowest BCUT2D eigenvalue weighted by molar-refractivity contribution is -0.141. The van der Waals surface area contributed by atoms with E-state index in [1.54, 1.807) is 0 Å². The fourth-order valence-corrected chi connectivity index (χ4v) is 2.09. The molecule has 1 aliphatic rings. The molecule has 0 fully saturated rings. The van der Waals surface area contributed by atoms with Gasteiger partial charge >= 0.3 is 12.0 Å². The quantitative estimate of drug-likeness (QED) is 0.743. The molecule has 2 atom stereocenters. The zero-order chi connectivity index (χ0) is 14.0. The van der Waals surface area contributed by atoms with Gasteiger partial charge in [-0.05, 0) is 18.1 Å². The summed E-state index contributed by atoms with van der Waals surface area (Å²) in [7, 11) is 0. The first kappa shape index (κ1) is 13.4. The Labute approximate surface area is 110 Å². The first-order valence-electron chi connectivity index (χ1n) is 6.02. The lowest BCUT2D eigenvalue weighted by Gasteiger charge is -2.22. The summed E-state index contributed by atoms with van der Waals surface area (Å²) in [5.41, 5.74) is 2.11. The van der Waals surface area contributed by atoms with Crippen LogP contribution in [0.25, 0.3) is 0 Å². The smallest absolute Gasteiger partial charge is 0.328 e. The van der Waals surface area contributed by atoms with Gasteiger partial charge in [-0.25, -0.2) is 9.59 Å². The number of nitrogens with zero attached hydrogens (tertiary/aromatic N) is 1. The molecule has 2 rings (SSSR count). The van der Waals surface area contributed by atoms with Crippen LogP contribution in [0.4, 0.5) is 4.79 Å². The molecule has 19 heavy (non-hydrogen) atoms. The number of aliphatic hydroxyl groups is 1. The highest BCUT2D eigenvalue weighted by Gasteiger charge is 2.29. The molecular formula is C13H16N2O4. The van der Waals surface area contributed by atoms with Crippen molar-refractivity contribution in [2.75, 3.05) is 0 Å². The van der Waals surface area contributed by atoms with Crippen molar-refractivity contribution in [3.05, 3.63) is 35.4 Å². The minimum Gasteiger partial charge on any atom is -0.480 e. The number of hydrogen-bond acceptors (Lipinski definition) is 3. The Morgan fingerprint density at radius 1 is 1.26 bits per heavy atom. The van der Waals surface area contributed by atoms with E-state index in [4.69, 9.17) is 5.11 Å². The molecule has 0 radical (unpaired) electrons. The molecule has 0 aliphatic carbocycles. The van der Waals surface area contributed by atoms with Gasteiger partial charge in [-0.3, -0.25) is 0 Å². The largest absolute Gasteiger partial charge is 0.480 e. The van der Waals surface area contributed by atoms with Gasteiger partial charge in [0.2, 0.25) is 0 Å². The number of fused-ring (bicyclic) bond motifs is 1. The second kappa shape index (κ2) is 5.27. The summed E-state index contributed by atoms with van der Waals surface area (Å²) in [5, 5.41) is 20.6. The Morgan fingerprint density at radius 2 is 1.79 bits per heavy atom. The summed E-state index contributed by atoms with van der Waals surface area (Å²) in [6.45, 7) is 2.24. The minimum atomic E-state index is -1.30. The molecule has 0 saturated carbocycles. The number of benzene rings is 1. The number of hydrogen-bond donors (Lipinski definition) is 3. The Morgan fingerprint density at radius 3 is 2.21 bits per heavy atom. The minimum absolute atomic E-state index is 0.453. The van der Waals surface area contributed by atoms with Gasteiger partial charge in [0.1, 0.15) is 0 Å². The summed E-state index contributed by atoms with van der Waals surface area (Å²) in [4.78, 5) is 24.4. The second-order valence-electron chi connectivity index (χ2n) is 4.63. The number of rotatable bonds is 3. The fourth-order valence-electron chi connectivity index (χ4n) is 2.09. The van der Waals surface area contributed by atoms with Crippen molar-refractivity contribution in [3.8, 4) is 0 Å². The summed E-state index contributed by atoms with van der Waals surface area (Å²) >= 11 is 0. The Hall–Kier alpha value is -2.08. The Kier molecular flexibility index (Phi) is 3.71. The monoisotopic (exact) mass is 264 g/mol. The summed E-state index contributed by atoms with van der Waals surface area (Å²) in [6.07, 6.45) is -1.15. The number of carbonyl (C=O) groups is 2. The van der Waals surface area contributed by atoms with Crippen LogP contribution < -0.4 is 5.32 Å². The molecule has 6 heteroatoms. The van der Waals surface area contributed by atoms with Crippen LogP contribution in [0.1, 0.15) is 18.1 Å². The van der Waals surface area contributed by atoms with Gasteiger partial charge in [0.25, 0.3) is 0 Å². The van der Waals surface area contributed by atoms with Crippen molar-refractivity contribution in [2.45, 2.75) is 32.2 Å². The first-order chi connectivity index (χ1) is 8.99. The number of aliphatic carboxylic acids is 1. The zero-order valence-electron chi connectivity index (χ0n) is 10.5. The van der Waals surface area contributed by atoms with E-state index in [2.05, 4.69) is 5.32 Å². The third kappa shape index (κ3) is 2.85. The molecule has 1 aromatic carbocycles. The number of carboxylic acid groups (broad SMARTS) is 1. The van der Waals surface area contributed by atoms with Crippen molar-refractivity contribution in [1.82, 2.24) is 10.2 Å². The van der Waals surface area contributed by atoms with Crippen molar-refractivity contribution >= 4 is 12.0 Å². The molecule has 0 bridgehead atoms. The van der Waals surface area contributed by atoms with E-state index in [1.807, 2.05) is 24.3 Å². The molecule has 3 N–H and O–H groups in total. The van der Waals surface area contributed by atoms with Gasteiger partial charge in [-0.1, -0.05) is 24.3 Å². The molecule has 1 aliphatic heterocycles. The average Bonchev–Trinajstić information content (AvgIpc) is 2.78. The van der Waals surface area contributed by atoms with Gasteiger partial charge in [-0.2, -0.15) is 0 Å². The predicted octanol–water partition coefficient (Wildman–Crippen LogP) is 0.546. The van der Waals surface area contributed by atoms with Gasteiger partial charge < -0.3 is 20.4 Å². The number of amides is 2. The first-order valence-corrected chi connectivity index (χ1v) is 6.02. The van der Waals surface area contributed by atoms with Gasteiger partial charge in [0, 0.05) is 13.1 Å². The van der Waals surface area contributed by atoms with E-state index in [0.29, 0.717) is 13.1 Å². The summed E-state index contributed by atoms with van der Waals surface area (Å²) < 4.78 is 0. The third-order valence-electron chi connectivity index (χ3n) is 3.16. The molecule has 102 valence electrons. The predicted molar refractivity (Wildman–Crippen MR) is 67.3 cm³/mol. The lowest BCUT2D eigenvalue weighted by atomic mass is 10.1. The number of aliphatic hydroxyl groups excluding tert-OH is 1. The van der Waals surface area contributed by atoms with Crippen LogP contribution in [0.3, 0.4) is 0 Å². The van der Waals surface area contributed by atoms with Crippen molar-refractivity contribution in [2.24, 2.45) is 0 Å². The Bertz CT molecular complexity index is 476. The van der Waals surface area contributed by atoms with Crippen LogP contribution in [0.15, 0.2) is 24.3 Å². The van der Waals surface area contributed by atoms with E-state index in [-0.39, 0.29) is 0 Å². The van der Waals surface area contributed by atoms with E-state index in [0.717, 1.165) is 11.1 Å². The lowest BCUT2D eigenvalue weighted by Crippen LogP contribution is -2.51. The maximum atomic E-state index is 12.0. The Balaban J connectivity index is 2.01. The maximum absolute atomic E-state index is 12.0. The maximum Gasteiger partial charge on any atom is 0.328 e. The van der Waals surface area contributed by atoms with Crippen LogP contribution in [0, 0.1) is 0 Å². The summed E-state index contributed by atoms with van der Waals surface area (Å²) in [5.74, 6) is -1.25. The molecule has 0 spiro atoms. The molecule has 6 nitrogen and oxygen atoms in total. The van der Waals surface area contributed by atoms with Crippen LogP contribution in [-0.2, 0) is 17.9 Å². The van der Waals surface area contributed by atoms with E-state index >= 15 is 0 Å². The van der Waals surface area contributed by atoms with Crippen molar-refractivity contribution < 1.29 is 19.8 Å². The number of carbonyl (C=O) groups excluding carboxylic acids is 1. The number of carboxylic acids is 1.